The average Bonchev–Trinajstić information content (AvgIpc) is 3.43. The summed E-state index contributed by atoms with van der Waals surface area (Å²) in [4.78, 5) is 10.5. The van der Waals surface area contributed by atoms with Crippen molar-refractivity contribution in [2.24, 2.45) is 5.92 Å². The first-order valence-electron chi connectivity index (χ1n) is 12.5. The zero-order valence-corrected chi connectivity index (χ0v) is 20.6. The van der Waals surface area contributed by atoms with Crippen LogP contribution in [0.15, 0.2) is 37.4 Å². The zero-order chi connectivity index (χ0) is 23.3. The monoisotopic (exact) mass is 447 g/mol. The number of unbranched alkanes of at least 4 members (excludes halogenated alkanes) is 7. The normalized spacial score (nSPS) is 15.9. The van der Waals surface area contributed by atoms with E-state index in [1.165, 1.54) is 44.9 Å². The minimum absolute atomic E-state index is 0.319. The van der Waals surface area contributed by atoms with Crippen LogP contribution in [0.4, 0.5) is 0 Å². The van der Waals surface area contributed by atoms with Crippen molar-refractivity contribution in [1.82, 2.24) is 24.0 Å². The number of aromatic nitrogens is 4. The first-order chi connectivity index (χ1) is 15.4. The summed E-state index contributed by atoms with van der Waals surface area (Å²) in [5, 5.41) is 21.3. The van der Waals surface area contributed by atoms with Crippen LogP contribution < -0.4 is 0 Å². The number of hydrogen-bond acceptors (Lipinski definition) is 5. The molecule has 0 spiro atoms. The van der Waals surface area contributed by atoms with E-state index < -0.39 is 12.2 Å². The molecule has 32 heavy (non-hydrogen) atoms. The highest BCUT2D eigenvalue weighted by atomic mass is 16.3. The van der Waals surface area contributed by atoms with Crippen LogP contribution in [0.3, 0.4) is 0 Å². The highest BCUT2D eigenvalue weighted by Gasteiger charge is 2.33. The van der Waals surface area contributed by atoms with Crippen molar-refractivity contribution < 1.29 is 10.2 Å². The summed E-state index contributed by atoms with van der Waals surface area (Å²) < 4.78 is 3.85. The van der Waals surface area contributed by atoms with Crippen molar-refractivity contribution in [3.05, 3.63) is 37.4 Å². The van der Waals surface area contributed by atoms with E-state index in [2.05, 4.69) is 28.7 Å². The minimum Gasteiger partial charge on any atom is -0.390 e. The third kappa shape index (κ3) is 8.68. The third-order valence-corrected chi connectivity index (χ3v) is 6.15. The van der Waals surface area contributed by atoms with Crippen molar-refractivity contribution in [1.29, 1.82) is 0 Å². The summed E-state index contributed by atoms with van der Waals surface area (Å²) >= 11 is 0. The first kappa shape index (κ1) is 26.6. The molecule has 0 aliphatic carbocycles. The minimum atomic E-state index is -0.625. The molecule has 0 amide bonds. The molecule has 4 atom stereocenters. The lowest BCUT2D eigenvalue weighted by atomic mass is 10.0. The Kier molecular flexibility index (Phi) is 12.0. The molecule has 182 valence electrons. The SMILES string of the molecule is CC(C)CCCCCCCCCCN(C(C(C)O)n1ccnc1)C(C(C)O)n1ccnc1. The molecule has 0 saturated heterocycles. The van der Waals surface area contributed by atoms with Gasteiger partial charge in [0.05, 0.1) is 24.9 Å². The molecular weight excluding hydrogens is 402 g/mol. The van der Waals surface area contributed by atoms with Gasteiger partial charge >= 0.3 is 0 Å². The smallest absolute Gasteiger partial charge is 0.115 e. The van der Waals surface area contributed by atoms with Crippen LogP contribution in [0.2, 0.25) is 0 Å². The topological polar surface area (TPSA) is 79.3 Å². The highest BCUT2D eigenvalue weighted by Crippen LogP contribution is 2.29. The van der Waals surface area contributed by atoms with Gasteiger partial charge in [-0.1, -0.05) is 65.2 Å². The second-order valence-corrected chi connectivity index (χ2v) is 9.58. The molecule has 7 nitrogen and oxygen atoms in total. The van der Waals surface area contributed by atoms with Gasteiger partial charge < -0.3 is 19.3 Å². The summed E-state index contributed by atoms with van der Waals surface area (Å²) in [6.45, 7) is 8.96. The Morgan fingerprint density at radius 1 is 0.688 bits per heavy atom. The molecule has 0 bridgehead atoms. The Balaban J connectivity index is 1.93. The highest BCUT2D eigenvalue weighted by molar-refractivity contribution is 4.89. The molecule has 0 radical (unpaired) electrons. The molecule has 2 heterocycles. The zero-order valence-electron chi connectivity index (χ0n) is 20.6. The van der Waals surface area contributed by atoms with Gasteiger partial charge in [-0.25, -0.2) is 9.97 Å². The van der Waals surface area contributed by atoms with Crippen LogP contribution in [0.25, 0.3) is 0 Å². The van der Waals surface area contributed by atoms with Gasteiger partial charge in [0.1, 0.15) is 12.3 Å². The maximum absolute atomic E-state index is 10.7. The van der Waals surface area contributed by atoms with E-state index in [-0.39, 0.29) is 12.3 Å². The van der Waals surface area contributed by atoms with Gasteiger partial charge in [0.25, 0.3) is 0 Å². The number of aliphatic hydroxyl groups is 2. The molecule has 0 aliphatic heterocycles. The molecule has 7 heteroatoms. The lowest BCUT2D eigenvalue weighted by Gasteiger charge is -2.41. The average molecular weight is 448 g/mol. The summed E-state index contributed by atoms with van der Waals surface area (Å²) in [7, 11) is 0. The van der Waals surface area contributed by atoms with Crippen LogP contribution in [-0.4, -0.2) is 53.0 Å². The Morgan fingerprint density at radius 2 is 1.12 bits per heavy atom. The van der Waals surface area contributed by atoms with Gasteiger partial charge in [-0.05, 0) is 26.2 Å². The first-order valence-corrected chi connectivity index (χ1v) is 12.5. The van der Waals surface area contributed by atoms with Gasteiger partial charge in [0, 0.05) is 31.3 Å². The standard InChI is InChI=1S/C25H45N5O2/c1-21(2)13-11-9-7-5-6-8-10-12-16-30(24(22(3)31)28-17-14-26-19-28)25(23(4)32)29-18-15-27-20-29/h14-15,17-25,31-32H,5-13,16H2,1-4H3. The van der Waals surface area contributed by atoms with Crippen molar-refractivity contribution in [3.63, 3.8) is 0 Å². The van der Waals surface area contributed by atoms with E-state index in [1.807, 2.05) is 21.5 Å². The summed E-state index contributed by atoms with van der Waals surface area (Å²) in [6, 6.07) is 0. The van der Waals surface area contributed by atoms with Gasteiger partial charge in [0.15, 0.2) is 0 Å². The number of aliphatic hydroxyl groups excluding tert-OH is 2. The van der Waals surface area contributed by atoms with Crippen LogP contribution in [-0.2, 0) is 0 Å². The van der Waals surface area contributed by atoms with Gasteiger partial charge in [-0.3, -0.25) is 4.90 Å². The van der Waals surface area contributed by atoms with Crippen molar-refractivity contribution in [2.75, 3.05) is 6.54 Å². The molecular formula is C25H45N5O2. The summed E-state index contributed by atoms with van der Waals surface area (Å²) in [6.07, 6.45) is 20.2. The summed E-state index contributed by atoms with van der Waals surface area (Å²) in [5.74, 6) is 0.818. The molecule has 0 aliphatic rings. The Hall–Kier alpha value is -1.70. The second-order valence-electron chi connectivity index (χ2n) is 9.58. The lowest BCUT2D eigenvalue weighted by Crippen LogP contribution is -2.47. The maximum atomic E-state index is 10.7. The fraction of sp³-hybridized carbons (Fsp3) is 0.760. The number of imidazole rings is 2. The predicted molar refractivity (Wildman–Crippen MR) is 129 cm³/mol. The Morgan fingerprint density at radius 3 is 1.50 bits per heavy atom. The van der Waals surface area contributed by atoms with Gasteiger partial charge in [0.2, 0.25) is 0 Å². The van der Waals surface area contributed by atoms with E-state index in [9.17, 15) is 10.2 Å². The fourth-order valence-corrected chi connectivity index (χ4v) is 4.58. The van der Waals surface area contributed by atoms with E-state index in [0.717, 1.165) is 25.3 Å². The molecule has 0 fully saturated rings. The van der Waals surface area contributed by atoms with E-state index in [1.54, 1.807) is 38.9 Å². The molecule has 2 aromatic heterocycles. The third-order valence-electron chi connectivity index (χ3n) is 6.15. The van der Waals surface area contributed by atoms with Crippen molar-refractivity contribution in [2.45, 2.75) is 110 Å². The van der Waals surface area contributed by atoms with E-state index in [4.69, 9.17) is 0 Å². The summed E-state index contributed by atoms with van der Waals surface area (Å²) in [5.41, 5.74) is 0. The largest absolute Gasteiger partial charge is 0.390 e. The quantitative estimate of drug-likeness (QED) is 0.333. The molecule has 2 N–H and O–H groups in total. The maximum Gasteiger partial charge on any atom is 0.115 e. The lowest BCUT2D eigenvalue weighted by molar-refractivity contribution is -0.0707. The van der Waals surface area contributed by atoms with Crippen molar-refractivity contribution in [3.8, 4) is 0 Å². The number of hydrogen-bond donors (Lipinski definition) is 2. The Labute approximate surface area is 194 Å². The molecule has 2 aromatic rings. The number of nitrogens with zero attached hydrogens (tertiary/aromatic N) is 5. The predicted octanol–water partition coefficient (Wildman–Crippen LogP) is 5.01. The van der Waals surface area contributed by atoms with Crippen LogP contribution >= 0.6 is 0 Å². The van der Waals surface area contributed by atoms with Gasteiger partial charge in [-0.2, -0.15) is 0 Å². The second kappa shape index (κ2) is 14.4. The molecule has 0 aromatic carbocycles. The van der Waals surface area contributed by atoms with E-state index in [0.29, 0.717) is 0 Å². The Bertz CT molecular complexity index is 639. The number of rotatable bonds is 17. The van der Waals surface area contributed by atoms with E-state index >= 15 is 0 Å². The molecule has 4 unspecified atom stereocenters. The fourth-order valence-electron chi connectivity index (χ4n) is 4.58. The van der Waals surface area contributed by atoms with Gasteiger partial charge in [-0.15, -0.1) is 0 Å². The van der Waals surface area contributed by atoms with Crippen LogP contribution in [0.1, 0.15) is 97.8 Å². The molecule has 0 saturated carbocycles. The van der Waals surface area contributed by atoms with Crippen molar-refractivity contribution >= 4 is 0 Å². The molecule has 2 rings (SSSR count). The van der Waals surface area contributed by atoms with Crippen LogP contribution in [0.5, 0.6) is 0 Å². The van der Waals surface area contributed by atoms with Crippen LogP contribution in [0, 0.1) is 5.92 Å².